The normalized spacial score (nSPS) is 17.5. The average molecular weight is 213 g/mol. The molecule has 16 heavy (non-hydrogen) atoms. The van der Waals surface area contributed by atoms with Crippen LogP contribution in [-0.2, 0) is 6.54 Å². The van der Waals surface area contributed by atoms with Crippen LogP contribution in [0.3, 0.4) is 0 Å². The fourth-order valence-corrected chi connectivity index (χ4v) is 2.10. The summed E-state index contributed by atoms with van der Waals surface area (Å²) >= 11 is 0. The van der Waals surface area contributed by atoms with E-state index in [0.717, 1.165) is 18.0 Å². The minimum Gasteiger partial charge on any atom is -0.310 e. The first-order valence-electron chi connectivity index (χ1n) is 6.08. The topological polar surface area (TPSA) is 12.0 Å². The Kier molecular flexibility index (Phi) is 3.64. The van der Waals surface area contributed by atoms with Crippen molar-refractivity contribution >= 4 is 0 Å². The maximum absolute atomic E-state index is 5.32. The molecule has 1 aliphatic carbocycles. The third-order valence-electron chi connectivity index (χ3n) is 3.61. The summed E-state index contributed by atoms with van der Waals surface area (Å²) < 4.78 is 0. The lowest BCUT2D eigenvalue weighted by molar-refractivity contribution is 0.240. The Morgan fingerprint density at radius 3 is 2.56 bits per heavy atom. The zero-order chi connectivity index (χ0) is 11.4. The van der Waals surface area contributed by atoms with Crippen molar-refractivity contribution in [3.63, 3.8) is 0 Å². The second-order valence-electron chi connectivity index (χ2n) is 4.70. The lowest BCUT2D eigenvalue weighted by Crippen LogP contribution is -2.36. The fraction of sp³-hybridized carbons (Fsp3) is 0.467. The summed E-state index contributed by atoms with van der Waals surface area (Å²) in [6.45, 7) is 3.24. The SMILES string of the molecule is C#Cc1ccc(CN[C@@H](C)C2CCC2)cc1. The van der Waals surface area contributed by atoms with Crippen LogP contribution in [-0.4, -0.2) is 6.04 Å². The van der Waals surface area contributed by atoms with Gasteiger partial charge >= 0.3 is 0 Å². The molecule has 0 aliphatic heterocycles. The summed E-state index contributed by atoms with van der Waals surface area (Å²) in [5.74, 6) is 3.53. The third kappa shape index (κ3) is 2.65. The van der Waals surface area contributed by atoms with Gasteiger partial charge in [-0.25, -0.2) is 0 Å². The van der Waals surface area contributed by atoms with Crippen molar-refractivity contribution in [2.45, 2.75) is 38.8 Å². The number of hydrogen-bond donors (Lipinski definition) is 1. The summed E-state index contributed by atoms with van der Waals surface area (Å²) in [4.78, 5) is 0. The van der Waals surface area contributed by atoms with Crippen LogP contribution in [0.4, 0.5) is 0 Å². The smallest absolute Gasteiger partial charge is 0.0242 e. The summed E-state index contributed by atoms with van der Waals surface area (Å²) in [7, 11) is 0. The maximum Gasteiger partial charge on any atom is 0.0242 e. The van der Waals surface area contributed by atoms with E-state index in [9.17, 15) is 0 Å². The molecule has 2 rings (SSSR count). The molecule has 0 unspecified atom stereocenters. The molecule has 0 amide bonds. The number of hydrogen-bond acceptors (Lipinski definition) is 1. The first-order valence-corrected chi connectivity index (χ1v) is 6.08. The Hall–Kier alpha value is -1.26. The summed E-state index contributed by atoms with van der Waals surface area (Å²) in [5, 5.41) is 3.59. The van der Waals surface area contributed by atoms with Gasteiger partial charge < -0.3 is 5.32 Å². The minimum absolute atomic E-state index is 0.640. The highest BCUT2D eigenvalue weighted by Crippen LogP contribution is 2.29. The highest BCUT2D eigenvalue weighted by atomic mass is 14.9. The number of rotatable bonds is 4. The molecule has 0 spiro atoms. The second-order valence-corrected chi connectivity index (χ2v) is 4.70. The van der Waals surface area contributed by atoms with Crippen molar-refractivity contribution in [3.8, 4) is 12.3 Å². The van der Waals surface area contributed by atoms with Crippen LogP contribution in [0, 0.1) is 18.3 Å². The van der Waals surface area contributed by atoms with Crippen molar-refractivity contribution in [3.05, 3.63) is 35.4 Å². The summed E-state index contributed by atoms with van der Waals surface area (Å²) in [6, 6.07) is 8.86. The molecule has 0 heterocycles. The molecular weight excluding hydrogens is 194 g/mol. The molecule has 1 aromatic carbocycles. The quantitative estimate of drug-likeness (QED) is 0.758. The Morgan fingerprint density at radius 1 is 1.38 bits per heavy atom. The molecule has 1 aliphatic rings. The van der Waals surface area contributed by atoms with E-state index < -0.39 is 0 Å². The molecule has 1 nitrogen and oxygen atoms in total. The van der Waals surface area contributed by atoms with E-state index in [-0.39, 0.29) is 0 Å². The molecule has 0 saturated heterocycles. The predicted molar refractivity (Wildman–Crippen MR) is 68.0 cm³/mol. The van der Waals surface area contributed by atoms with E-state index in [1.165, 1.54) is 24.8 Å². The summed E-state index contributed by atoms with van der Waals surface area (Å²) in [6.07, 6.45) is 9.52. The van der Waals surface area contributed by atoms with Crippen LogP contribution in [0.15, 0.2) is 24.3 Å². The zero-order valence-electron chi connectivity index (χ0n) is 9.87. The second kappa shape index (κ2) is 5.18. The van der Waals surface area contributed by atoms with Gasteiger partial charge in [0.05, 0.1) is 0 Å². The van der Waals surface area contributed by atoms with E-state index in [2.05, 4.69) is 30.3 Å². The predicted octanol–water partition coefficient (Wildman–Crippen LogP) is 2.95. The maximum atomic E-state index is 5.32. The fourth-order valence-electron chi connectivity index (χ4n) is 2.10. The van der Waals surface area contributed by atoms with Crippen LogP contribution in [0.1, 0.15) is 37.3 Å². The van der Waals surface area contributed by atoms with Gasteiger partial charge in [0.25, 0.3) is 0 Å². The van der Waals surface area contributed by atoms with Crippen molar-refractivity contribution in [1.82, 2.24) is 5.32 Å². The van der Waals surface area contributed by atoms with E-state index in [0.29, 0.717) is 6.04 Å². The van der Waals surface area contributed by atoms with Gasteiger partial charge in [0, 0.05) is 18.2 Å². The van der Waals surface area contributed by atoms with Gasteiger partial charge in [0.1, 0.15) is 0 Å². The molecule has 0 bridgehead atoms. The minimum atomic E-state index is 0.640. The molecule has 1 heteroatoms. The molecule has 1 aromatic rings. The van der Waals surface area contributed by atoms with Gasteiger partial charge in [0.15, 0.2) is 0 Å². The lowest BCUT2D eigenvalue weighted by atomic mass is 9.80. The van der Waals surface area contributed by atoms with Crippen LogP contribution < -0.4 is 5.32 Å². The Morgan fingerprint density at radius 2 is 2.06 bits per heavy atom. The Labute approximate surface area is 98.3 Å². The van der Waals surface area contributed by atoms with Crippen LogP contribution >= 0.6 is 0 Å². The first kappa shape index (κ1) is 11.2. The van der Waals surface area contributed by atoms with E-state index in [1.807, 2.05) is 12.1 Å². The standard InChI is InChI=1S/C15H19N/c1-3-13-7-9-14(10-8-13)11-16-12(2)15-5-4-6-15/h1,7-10,12,15-16H,4-6,11H2,2H3/t12-/m0/s1. The molecule has 0 aromatic heterocycles. The molecule has 0 radical (unpaired) electrons. The average Bonchev–Trinajstić information content (AvgIpc) is 2.25. The molecule has 1 atom stereocenters. The van der Waals surface area contributed by atoms with Gasteiger partial charge in [-0.2, -0.15) is 0 Å². The van der Waals surface area contributed by atoms with Gasteiger partial charge in [-0.15, -0.1) is 6.42 Å². The monoisotopic (exact) mass is 213 g/mol. The van der Waals surface area contributed by atoms with Crippen molar-refractivity contribution < 1.29 is 0 Å². The third-order valence-corrected chi connectivity index (χ3v) is 3.61. The van der Waals surface area contributed by atoms with Crippen molar-refractivity contribution in [1.29, 1.82) is 0 Å². The number of nitrogens with one attached hydrogen (secondary N) is 1. The van der Waals surface area contributed by atoms with Gasteiger partial charge in [-0.3, -0.25) is 0 Å². The molecule has 1 N–H and O–H groups in total. The Bertz CT molecular complexity index is 367. The van der Waals surface area contributed by atoms with Gasteiger partial charge in [-0.05, 0) is 43.4 Å². The Balaban J connectivity index is 1.82. The van der Waals surface area contributed by atoms with Gasteiger partial charge in [-0.1, -0.05) is 24.5 Å². The number of benzene rings is 1. The lowest BCUT2D eigenvalue weighted by Gasteiger charge is -2.32. The molecule has 84 valence electrons. The van der Waals surface area contributed by atoms with E-state index >= 15 is 0 Å². The van der Waals surface area contributed by atoms with Gasteiger partial charge in [0.2, 0.25) is 0 Å². The largest absolute Gasteiger partial charge is 0.310 e. The van der Waals surface area contributed by atoms with Crippen LogP contribution in [0.2, 0.25) is 0 Å². The van der Waals surface area contributed by atoms with Crippen molar-refractivity contribution in [2.24, 2.45) is 5.92 Å². The number of terminal acetylenes is 1. The highest BCUT2D eigenvalue weighted by molar-refractivity contribution is 5.34. The molecule has 1 saturated carbocycles. The zero-order valence-corrected chi connectivity index (χ0v) is 9.87. The highest BCUT2D eigenvalue weighted by Gasteiger charge is 2.23. The van der Waals surface area contributed by atoms with E-state index in [1.54, 1.807) is 0 Å². The molecule has 1 fully saturated rings. The molecular formula is C15H19N. The van der Waals surface area contributed by atoms with Crippen molar-refractivity contribution in [2.75, 3.05) is 0 Å². The van der Waals surface area contributed by atoms with Crippen LogP contribution in [0.5, 0.6) is 0 Å². The van der Waals surface area contributed by atoms with E-state index in [4.69, 9.17) is 6.42 Å². The first-order chi connectivity index (χ1) is 7.79. The van der Waals surface area contributed by atoms with Crippen LogP contribution in [0.25, 0.3) is 0 Å². The summed E-state index contributed by atoms with van der Waals surface area (Å²) in [5.41, 5.74) is 2.26.